The molecule has 2 aliphatic rings. The topological polar surface area (TPSA) is 21.3 Å². The molecule has 11 heavy (non-hydrogen) atoms. The predicted octanol–water partition coefficient (Wildman–Crippen LogP) is 1.16. The normalized spacial score (nSPS) is 28.1. The lowest BCUT2D eigenvalue weighted by molar-refractivity contribution is -0.0762. The third kappa shape index (κ3) is 1.57. The smallest absolute Gasteiger partial charge is 0.0671 e. The first-order valence-electron chi connectivity index (χ1n) is 4.67. The summed E-state index contributed by atoms with van der Waals surface area (Å²) < 4.78 is 5.22. The fourth-order valence-corrected chi connectivity index (χ4v) is 1.46. The van der Waals surface area contributed by atoms with E-state index in [9.17, 15) is 0 Å². The van der Waals surface area contributed by atoms with Gasteiger partial charge in [0.1, 0.15) is 0 Å². The fourth-order valence-electron chi connectivity index (χ4n) is 1.46. The van der Waals surface area contributed by atoms with Gasteiger partial charge in [-0.1, -0.05) is 6.92 Å². The number of hydrogen-bond acceptors (Lipinski definition) is 2. The fraction of sp³-hybridized carbons (Fsp3) is 1.00. The molecule has 2 fully saturated rings. The van der Waals surface area contributed by atoms with Crippen LogP contribution in [-0.2, 0) is 4.74 Å². The molecule has 1 saturated heterocycles. The van der Waals surface area contributed by atoms with Crippen molar-refractivity contribution in [1.82, 2.24) is 5.32 Å². The van der Waals surface area contributed by atoms with Crippen LogP contribution in [0, 0.1) is 5.92 Å². The van der Waals surface area contributed by atoms with Gasteiger partial charge in [-0.25, -0.2) is 0 Å². The van der Waals surface area contributed by atoms with Gasteiger partial charge in [0.15, 0.2) is 0 Å². The second kappa shape index (κ2) is 2.76. The molecule has 1 heterocycles. The summed E-state index contributed by atoms with van der Waals surface area (Å²) in [5, 5.41) is 3.62. The Bertz CT molecular complexity index is 133. The summed E-state index contributed by atoms with van der Waals surface area (Å²) in [7, 11) is 0. The summed E-state index contributed by atoms with van der Waals surface area (Å²) in [5.41, 5.74) is 0.364. The molecule has 2 rings (SSSR count). The molecule has 0 bridgehead atoms. The minimum Gasteiger partial charge on any atom is -0.377 e. The van der Waals surface area contributed by atoms with Gasteiger partial charge in [-0.3, -0.25) is 0 Å². The van der Waals surface area contributed by atoms with E-state index in [1.807, 2.05) is 0 Å². The first-order valence-corrected chi connectivity index (χ1v) is 4.67. The number of hydrogen-bond donors (Lipinski definition) is 1. The second-order valence-corrected chi connectivity index (χ2v) is 3.95. The average Bonchev–Trinajstić information content (AvgIpc) is 2.70. The van der Waals surface area contributed by atoms with E-state index in [1.165, 1.54) is 25.8 Å². The van der Waals surface area contributed by atoms with E-state index < -0.39 is 0 Å². The first kappa shape index (κ1) is 7.56. The van der Waals surface area contributed by atoms with Gasteiger partial charge in [0.25, 0.3) is 0 Å². The molecule has 0 amide bonds. The third-order valence-electron chi connectivity index (χ3n) is 2.90. The van der Waals surface area contributed by atoms with E-state index >= 15 is 0 Å². The van der Waals surface area contributed by atoms with Crippen LogP contribution < -0.4 is 5.32 Å². The lowest BCUT2D eigenvalue weighted by Crippen LogP contribution is -2.60. The van der Waals surface area contributed by atoms with Crippen molar-refractivity contribution in [2.24, 2.45) is 5.92 Å². The molecule has 2 heteroatoms. The number of rotatable bonds is 4. The third-order valence-corrected chi connectivity index (χ3v) is 2.90. The summed E-state index contributed by atoms with van der Waals surface area (Å²) in [4.78, 5) is 0. The molecule has 2 nitrogen and oxygen atoms in total. The molecule has 1 aliphatic carbocycles. The van der Waals surface area contributed by atoms with Gasteiger partial charge in [0, 0.05) is 0 Å². The van der Waals surface area contributed by atoms with Crippen LogP contribution in [0.1, 0.15) is 26.2 Å². The molecule has 1 saturated carbocycles. The van der Waals surface area contributed by atoms with Crippen molar-refractivity contribution in [2.45, 2.75) is 31.7 Å². The van der Waals surface area contributed by atoms with E-state index in [-0.39, 0.29) is 0 Å². The molecular formula is C9H17NO. The highest BCUT2D eigenvalue weighted by atomic mass is 16.5. The van der Waals surface area contributed by atoms with Crippen molar-refractivity contribution in [2.75, 3.05) is 19.8 Å². The Kier molecular flexibility index (Phi) is 1.90. The highest BCUT2D eigenvalue weighted by Crippen LogP contribution is 2.29. The molecule has 1 aliphatic heterocycles. The van der Waals surface area contributed by atoms with Gasteiger partial charge in [-0.05, 0) is 31.7 Å². The first-order chi connectivity index (χ1) is 5.35. The van der Waals surface area contributed by atoms with Crippen molar-refractivity contribution in [3.05, 3.63) is 0 Å². The maximum absolute atomic E-state index is 5.22. The Balaban J connectivity index is 1.72. The average molecular weight is 155 g/mol. The van der Waals surface area contributed by atoms with Gasteiger partial charge in [-0.2, -0.15) is 0 Å². The molecule has 1 N–H and O–H groups in total. The quantitative estimate of drug-likeness (QED) is 0.658. The molecule has 0 unspecified atom stereocenters. The SMILES string of the molecule is CCC1(NCC2CC2)COC1. The van der Waals surface area contributed by atoms with Gasteiger partial charge in [-0.15, -0.1) is 0 Å². The summed E-state index contributed by atoms with van der Waals surface area (Å²) in [6.45, 7) is 5.31. The Hall–Kier alpha value is -0.0800. The van der Waals surface area contributed by atoms with Crippen molar-refractivity contribution in [1.29, 1.82) is 0 Å². The lowest BCUT2D eigenvalue weighted by Gasteiger charge is -2.41. The summed E-state index contributed by atoms with van der Waals surface area (Å²) in [5.74, 6) is 0.985. The Morgan fingerprint density at radius 1 is 1.45 bits per heavy atom. The molecular weight excluding hydrogens is 138 g/mol. The van der Waals surface area contributed by atoms with E-state index in [4.69, 9.17) is 4.74 Å². The zero-order chi connectivity index (χ0) is 7.73. The van der Waals surface area contributed by atoms with Crippen LogP contribution >= 0.6 is 0 Å². The van der Waals surface area contributed by atoms with Crippen molar-refractivity contribution < 1.29 is 4.74 Å². The zero-order valence-electron chi connectivity index (χ0n) is 7.23. The highest BCUT2D eigenvalue weighted by Gasteiger charge is 2.37. The molecule has 0 spiro atoms. The van der Waals surface area contributed by atoms with Crippen LogP contribution in [0.2, 0.25) is 0 Å². The van der Waals surface area contributed by atoms with Crippen molar-refractivity contribution in [3.63, 3.8) is 0 Å². The largest absolute Gasteiger partial charge is 0.377 e. The molecule has 0 atom stereocenters. The number of ether oxygens (including phenoxy) is 1. The Morgan fingerprint density at radius 2 is 2.18 bits per heavy atom. The standard InChI is InChI=1S/C9H17NO/c1-2-9(6-11-7-9)10-5-8-3-4-8/h8,10H,2-7H2,1H3. The second-order valence-electron chi connectivity index (χ2n) is 3.95. The van der Waals surface area contributed by atoms with E-state index in [1.54, 1.807) is 0 Å². The summed E-state index contributed by atoms with van der Waals surface area (Å²) in [6.07, 6.45) is 4.08. The van der Waals surface area contributed by atoms with Gasteiger partial charge in [0.05, 0.1) is 18.8 Å². The predicted molar refractivity (Wildman–Crippen MR) is 44.6 cm³/mol. The molecule has 0 aromatic heterocycles. The molecule has 0 aromatic rings. The van der Waals surface area contributed by atoms with E-state index in [2.05, 4.69) is 12.2 Å². The monoisotopic (exact) mass is 155 g/mol. The van der Waals surface area contributed by atoms with Crippen LogP contribution in [-0.4, -0.2) is 25.3 Å². The van der Waals surface area contributed by atoms with Crippen LogP contribution in [0.25, 0.3) is 0 Å². The summed E-state index contributed by atoms with van der Waals surface area (Å²) >= 11 is 0. The van der Waals surface area contributed by atoms with Gasteiger partial charge in [0.2, 0.25) is 0 Å². The minimum atomic E-state index is 0.364. The highest BCUT2D eigenvalue weighted by molar-refractivity contribution is 4.94. The van der Waals surface area contributed by atoms with Crippen LogP contribution in [0.4, 0.5) is 0 Å². The van der Waals surface area contributed by atoms with Crippen LogP contribution in [0.15, 0.2) is 0 Å². The molecule has 64 valence electrons. The van der Waals surface area contributed by atoms with Gasteiger partial charge >= 0.3 is 0 Å². The maximum Gasteiger partial charge on any atom is 0.0671 e. The molecule has 0 radical (unpaired) electrons. The Labute approximate surface area is 68.3 Å². The van der Waals surface area contributed by atoms with Crippen LogP contribution in [0.3, 0.4) is 0 Å². The van der Waals surface area contributed by atoms with E-state index in [0.717, 1.165) is 19.1 Å². The maximum atomic E-state index is 5.22. The van der Waals surface area contributed by atoms with Crippen LogP contribution in [0.5, 0.6) is 0 Å². The lowest BCUT2D eigenvalue weighted by atomic mass is 9.94. The Morgan fingerprint density at radius 3 is 2.55 bits per heavy atom. The minimum absolute atomic E-state index is 0.364. The summed E-state index contributed by atoms with van der Waals surface area (Å²) in [6, 6.07) is 0. The van der Waals surface area contributed by atoms with E-state index in [0.29, 0.717) is 5.54 Å². The molecule has 0 aromatic carbocycles. The van der Waals surface area contributed by atoms with Gasteiger partial charge < -0.3 is 10.1 Å². The van der Waals surface area contributed by atoms with Crippen molar-refractivity contribution >= 4 is 0 Å². The van der Waals surface area contributed by atoms with Crippen molar-refractivity contribution in [3.8, 4) is 0 Å². The number of nitrogens with one attached hydrogen (secondary N) is 1. The zero-order valence-corrected chi connectivity index (χ0v) is 7.23.